The molecule has 0 bridgehead atoms. The van der Waals surface area contributed by atoms with Crippen LogP contribution in [-0.2, 0) is 4.79 Å². The lowest BCUT2D eigenvalue weighted by molar-refractivity contribution is -0.115. The maximum absolute atomic E-state index is 12.2. The number of rotatable bonds is 4. The summed E-state index contributed by atoms with van der Waals surface area (Å²) in [7, 11) is 0. The Morgan fingerprint density at radius 2 is 2.00 bits per heavy atom. The Bertz CT molecular complexity index is 654. The number of hydrogen-bond donors (Lipinski definition) is 2. The Morgan fingerprint density at radius 3 is 2.52 bits per heavy atom. The number of carbonyl (C=O) groups is 1. The summed E-state index contributed by atoms with van der Waals surface area (Å²) < 4.78 is 0.740. The maximum atomic E-state index is 12.2. The summed E-state index contributed by atoms with van der Waals surface area (Å²) in [5, 5.41) is 11.7. The normalized spacial score (nSPS) is 12.2. The molecule has 1 amide bonds. The minimum Gasteiger partial charge on any atom is -0.399 e. The molecule has 1 aromatic heterocycles. The molecule has 1 heterocycles. The molecule has 1 unspecified atom stereocenters. The van der Waals surface area contributed by atoms with Gasteiger partial charge in [0.15, 0.2) is 4.34 Å². The summed E-state index contributed by atoms with van der Waals surface area (Å²) in [6.45, 7) is 3.64. The zero-order valence-corrected chi connectivity index (χ0v) is 14.3. The number of aryl methyl sites for hydroxylation is 1. The van der Waals surface area contributed by atoms with Crippen molar-refractivity contribution < 1.29 is 4.79 Å². The molecule has 1 atom stereocenters. The van der Waals surface area contributed by atoms with Crippen molar-refractivity contribution in [1.29, 1.82) is 0 Å². The summed E-state index contributed by atoms with van der Waals surface area (Å²) in [5.41, 5.74) is 6.42. The number of carbonyl (C=O) groups excluding carboxylic acids is 1. The molecule has 0 spiro atoms. The van der Waals surface area contributed by atoms with Gasteiger partial charge in [0.1, 0.15) is 5.01 Å². The van der Waals surface area contributed by atoms with Crippen molar-refractivity contribution >= 4 is 63.6 Å². The average molecular weight is 363 g/mol. The van der Waals surface area contributed by atoms with Crippen LogP contribution in [0.5, 0.6) is 0 Å². The van der Waals surface area contributed by atoms with Crippen LogP contribution in [0.1, 0.15) is 11.9 Å². The third kappa shape index (κ3) is 4.23. The Kier molecular flexibility index (Phi) is 5.32. The van der Waals surface area contributed by atoms with E-state index < -0.39 is 0 Å². The van der Waals surface area contributed by atoms with Gasteiger partial charge >= 0.3 is 0 Å². The monoisotopic (exact) mass is 362 g/mol. The number of aromatic nitrogens is 2. The lowest BCUT2D eigenvalue weighted by atomic mass is 10.2. The summed E-state index contributed by atoms with van der Waals surface area (Å²) in [4.78, 5) is 12.2. The number of anilines is 2. The second-order valence-corrected chi connectivity index (χ2v) is 7.78. The molecule has 2 rings (SSSR count). The SMILES string of the molecule is Cc1nnc(SC(C)C(=O)Nc2c(Cl)cc(N)cc2Cl)s1. The van der Waals surface area contributed by atoms with E-state index in [9.17, 15) is 4.79 Å². The molecule has 0 fully saturated rings. The molecule has 21 heavy (non-hydrogen) atoms. The van der Waals surface area contributed by atoms with E-state index in [1.807, 2.05) is 6.92 Å². The van der Waals surface area contributed by atoms with E-state index in [-0.39, 0.29) is 11.2 Å². The van der Waals surface area contributed by atoms with Gasteiger partial charge in [-0.25, -0.2) is 0 Å². The second kappa shape index (κ2) is 6.83. The summed E-state index contributed by atoms with van der Waals surface area (Å²) in [6, 6.07) is 3.07. The van der Waals surface area contributed by atoms with Crippen LogP contribution in [0.25, 0.3) is 0 Å². The second-order valence-electron chi connectivity index (χ2n) is 4.20. The molecule has 0 saturated heterocycles. The first-order chi connectivity index (χ1) is 9.86. The minimum absolute atomic E-state index is 0.221. The number of nitrogens with two attached hydrogens (primary N) is 1. The first kappa shape index (κ1) is 16.4. The lowest BCUT2D eigenvalue weighted by Gasteiger charge is -2.13. The fourth-order valence-electron chi connectivity index (χ4n) is 1.47. The van der Waals surface area contributed by atoms with Crippen LogP contribution in [0.15, 0.2) is 16.5 Å². The van der Waals surface area contributed by atoms with Gasteiger partial charge in [-0.1, -0.05) is 46.3 Å². The van der Waals surface area contributed by atoms with Crippen molar-refractivity contribution in [3.63, 3.8) is 0 Å². The van der Waals surface area contributed by atoms with Crippen LogP contribution in [-0.4, -0.2) is 21.4 Å². The smallest absolute Gasteiger partial charge is 0.237 e. The standard InChI is InChI=1S/C12H12Cl2N4OS2/c1-5(20-12-18-17-6(2)21-12)11(19)16-10-8(13)3-7(15)4-9(10)14/h3-5H,15H2,1-2H3,(H,16,19). The number of thioether (sulfide) groups is 1. The van der Waals surface area contributed by atoms with Gasteiger partial charge in [-0.05, 0) is 26.0 Å². The molecule has 0 saturated carbocycles. The molecule has 112 valence electrons. The molecule has 0 aliphatic heterocycles. The molecule has 5 nitrogen and oxygen atoms in total. The summed E-state index contributed by atoms with van der Waals surface area (Å²) >= 11 is 14.9. The van der Waals surface area contributed by atoms with E-state index in [4.69, 9.17) is 28.9 Å². The third-order valence-electron chi connectivity index (χ3n) is 2.47. The molecule has 9 heteroatoms. The predicted molar refractivity (Wildman–Crippen MR) is 89.5 cm³/mol. The van der Waals surface area contributed by atoms with Crippen LogP contribution in [0.3, 0.4) is 0 Å². The van der Waals surface area contributed by atoms with Gasteiger partial charge < -0.3 is 11.1 Å². The fraction of sp³-hybridized carbons (Fsp3) is 0.250. The number of nitrogens with zero attached hydrogens (tertiary/aromatic N) is 2. The molecular weight excluding hydrogens is 351 g/mol. The van der Waals surface area contributed by atoms with Crippen molar-refractivity contribution in [3.8, 4) is 0 Å². The topological polar surface area (TPSA) is 80.9 Å². The van der Waals surface area contributed by atoms with Gasteiger partial charge in [0, 0.05) is 5.69 Å². The van der Waals surface area contributed by atoms with Crippen LogP contribution in [0.2, 0.25) is 10.0 Å². The quantitative estimate of drug-likeness (QED) is 0.637. The number of benzene rings is 1. The van der Waals surface area contributed by atoms with E-state index in [1.165, 1.54) is 35.2 Å². The Hall–Kier alpha value is -1.02. The predicted octanol–water partition coefficient (Wildman–Crippen LogP) is 3.85. The van der Waals surface area contributed by atoms with Gasteiger partial charge in [0.2, 0.25) is 5.91 Å². The number of halogens is 2. The van der Waals surface area contributed by atoms with E-state index in [0.29, 0.717) is 21.4 Å². The van der Waals surface area contributed by atoms with E-state index in [2.05, 4.69) is 15.5 Å². The molecule has 0 aliphatic rings. The van der Waals surface area contributed by atoms with Gasteiger partial charge in [-0.2, -0.15) is 0 Å². The molecule has 0 aliphatic carbocycles. The van der Waals surface area contributed by atoms with Gasteiger partial charge in [-0.3, -0.25) is 4.79 Å². The third-order valence-corrected chi connectivity index (χ3v) is 5.09. The molecular formula is C12H12Cl2N4OS2. The van der Waals surface area contributed by atoms with Crippen LogP contribution < -0.4 is 11.1 Å². The zero-order valence-electron chi connectivity index (χ0n) is 11.2. The average Bonchev–Trinajstić information content (AvgIpc) is 2.78. The summed E-state index contributed by atoms with van der Waals surface area (Å²) in [5.74, 6) is -0.221. The highest BCUT2D eigenvalue weighted by Crippen LogP contribution is 2.34. The Morgan fingerprint density at radius 1 is 1.38 bits per heavy atom. The number of amides is 1. The Balaban J connectivity index is 2.07. The molecule has 2 aromatic rings. The van der Waals surface area contributed by atoms with Gasteiger partial charge in [-0.15, -0.1) is 10.2 Å². The van der Waals surface area contributed by atoms with E-state index in [0.717, 1.165) is 9.35 Å². The van der Waals surface area contributed by atoms with E-state index >= 15 is 0 Å². The number of nitrogens with one attached hydrogen (secondary N) is 1. The van der Waals surface area contributed by atoms with E-state index in [1.54, 1.807) is 6.92 Å². The Labute approximate surface area is 140 Å². The molecule has 0 radical (unpaired) electrons. The van der Waals surface area contributed by atoms with Crippen molar-refractivity contribution in [2.24, 2.45) is 0 Å². The van der Waals surface area contributed by atoms with Crippen molar-refractivity contribution in [1.82, 2.24) is 10.2 Å². The van der Waals surface area contributed by atoms with Crippen molar-refractivity contribution in [2.45, 2.75) is 23.4 Å². The zero-order chi connectivity index (χ0) is 15.6. The lowest BCUT2D eigenvalue weighted by Crippen LogP contribution is -2.22. The van der Waals surface area contributed by atoms with Gasteiger partial charge in [0.25, 0.3) is 0 Å². The highest BCUT2D eigenvalue weighted by molar-refractivity contribution is 8.02. The maximum Gasteiger partial charge on any atom is 0.237 e. The summed E-state index contributed by atoms with van der Waals surface area (Å²) in [6.07, 6.45) is 0. The molecule has 3 N–H and O–H groups in total. The number of nitrogen functional groups attached to an aromatic ring is 1. The number of hydrogen-bond acceptors (Lipinski definition) is 6. The van der Waals surface area contributed by atoms with Crippen molar-refractivity contribution in [3.05, 3.63) is 27.2 Å². The fourth-order valence-corrected chi connectivity index (χ4v) is 4.03. The highest BCUT2D eigenvalue weighted by atomic mass is 35.5. The minimum atomic E-state index is -0.359. The first-order valence-corrected chi connectivity index (χ1v) is 8.34. The molecule has 1 aromatic carbocycles. The van der Waals surface area contributed by atoms with Crippen LogP contribution >= 0.6 is 46.3 Å². The highest BCUT2D eigenvalue weighted by Gasteiger charge is 2.19. The van der Waals surface area contributed by atoms with Crippen LogP contribution in [0.4, 0.5) is 11.4 Å². The van der Waals surface area contributed by atoms with Gasteiger partial charge in [0.05, 0.1) is 21.0 Å². The largest absolute Gasteiger partial charge is 0.399 e. The van der Waals surface area contributed by atoms with Crippen molar-refractivity contribution in [2.75, 3.05) is 11.1 Å². The van der Waals surface area contributed by atoms with Crippen LogP contribution in [0, 0.1) is 6.92 Å². The first-order valence-electron chi connectivity index (χ1n) is 5.89.